The van der Waals surface area contributed by atoms with Gasteiger partial charge in [-0.3, -0.25) is 0 Å². The molecule has 3 atom stereocenters. The molecule has 2 saturated heterocycles. The van der Waals surface area contributed by atoms with Crippen LogP contribution < -0.4 is 5.32 Å². The first-order valence-corrected chi connectivity index (χ1v) is 9.54. The highest BCUT2D eigenvalue weighted by Crippen LogP contribution is 2.41. The summed E-state index contributed by atoms with van der Waals surface area (Å²) >= 11 is 3.81. The van der Waals surface area contributed by atoms with Crippen molar-refractivity contribution in [2.24, 2.45) is 5.92 Å². The predicted molar refractivity (Wildman–Crippen MR) is 86.8 cm³/mol. The summed E-state index contributed by atoms with van der Waals surface area (Å²) in [4.78, 5) is 4.63. The molecule has 0 radical (unpaired) electrons. The molecule has 3 heterocycles. The van der Waals surface area contributed by atoms with E-state index < -0.39 is 0 Å². The number of aromatic nitrogens is 1. The van der Waals surface area contributed by atoms with Crippen molar-refractivity contribution < 1.29 is 4.74 Å². The van der Waals surface area contributed by atoms with Crippen LogP contribution in [0.15, 0.2) is 5.38 Å². The SMILES string of the molecule is CNC(Cc1csc(C)n1)C1CCOC2(CCSC2)C1. The van der Waals surface area contributed by atoms with Crippen molar-refractivity contribution in [1.29, 1.82) is 0 Å². The van der Waals surface area contributed by atoms with Gasteiger partial charge in [0.2, 0.25) is 0 Å². The molecule has 0 aromatic carbocycles. The Balaban J connectivity index is 1.65. The summed E-state index contributed by atoms with van der Waals surface area (Å²) in [6, 6.07) is 0.530. The van der Waals surface area contributed by atoms with Crippen LogP contribution in [0, 0.1) is 12.8 Å². The maximum absolute atomic E-state index is 6.14. The molecule has 0 bridgehead atoms. The lowest BCUT2D eigenvalue weighted by Crippen LogP contribution is -2.47. The number of thioether (sulfide) groups is 1. The van der Waals surface area contributed by atoms with Crippen molar-refractivity contribution >= 4 is 23.1 Å². The van der Waals surface area contributed by atoms with E-state index in [1.165, 1.54) is 41.5 Å². The summed E-state index contributed by atoms with van der Waals surface area (Å²) in [5.74, 6) is 3.17. The monoisotopic (exact) mass is 312 g/mol. The van der Waals surface area contributed by atoms with E-state index in [1.54, 1.807) is 11.3 Å². The third-order valence-corrected chi connectivity index (χ3v) is 6.68. The van der Waals surface area contributed by atoms with Crippen LogP contribution in [0.5, 0.6) is 0 Å². The summed E-state index contributed by atoms with van der Waals surface area (Å²) in [7, 11) is 2.09. The number of nitrogens with zero attached hydrogens (tertiary/aromatic N) is 1. The van der Waals surface area contributed by atoms with Crippen molar-refractivity contribution in [2.75, 3.05) is 25.2 Å². The normalized spacial score (nSPS) is 31.8. The van der Waals surface area contributed by atoms with E-state index in [9.17, 15) is 0 Å². The number of nitrogens with one attached hydrogen (secondary N) is 1. The average Bonchev–Trinajstić information content (AvgIpc) is 3.06. The molecule has 1 aromatic heterocycles. The topological polar surface area (TPSA) is 34.2 Å². The van der Waals surface area contributed by atoms with Gasteiger partial charge in [-0.25, -0.2) is 4.98 Å². The second kappa shape index (κ2) is 6.34. The standard InChI is InChI=1S/C15H24N2OS2/c1-11-17-13(9-20-11)7-14(16-2)12-3-5-18-15(8-12)4-6-19-10-15/h9,12,14,16H,3-8,10H2,1-2H3. The van der Waals surface area contributed by atoms with E-state index in [1.807, 2.05) is 0 Å². The highest BCUT2D eigenvalue weighted by Gasteiger charge is 2.42. The Bertz CT molecular complexity index is 443. The van der Waals surface area contributed by atoms with Gasteiger partial charge in [0.25, 0.3) is 0 Å². The molecule has 20 heavy (non-hydrogen) atoms. The third kappa shape index (κ3) is 3.21. The fraction of sp³-hybridized carbons (Fsp3) is 0.800. The molecule has 112 valence electrons. The summed E-state index contributed by atoms with van der Waals surface area (Å²) in [6.45, 7) is 3.02. The van der Waals surface area contributed by atoms with Crippen LogP contribution in [-0.2, 0) is 11.2 Å². The molecule has 3 rings (SSSR count). The van der Waals surface area contributed by atoms with Gasteiger partial charge in [0.15, 0.2) is 0 Å². The lowest BCUT2D eigenvalue weighted by atomic mass is 9.80. The van der Waals surface area contributed by atoms with Gasteiger partial charge < -0.3 is 10.1 Å². The number of ether oxygens (including phenoxy) is 1. The largest absolute Gasteiger partial charge is 0.374 e. The fourth-order valence-corrected chi connectivity index (χ4v) is 5.51. The van der Waals surface area contributed by atoms with Gasteiger partial charge in [0.1, 0.15) is 0 Å². The van der Waals surface area contributed by atoms with Crippen LogP contribution in [0.3, 0.4) is 0 Å². The average molecular weight is 313 g/mol. The van der Waals surface area contributed by atoms with Gasteiger partial charge in [-0.1, -0.05) is 0 Å². The first-order valence-electron chi connectivity index (χ1n) is 7.51. The minimum absolute atomic E-state index is 0.181. The molecule has 1 N–H and O–H groups in total. The number of thiazole rings is 1. The van der Waals surface area contributed by atoms with Gasteiger partial charge in [-0.15, -0.1) is 11.3 Å². The van der Waals surface area contributed by atoms with E-state index in [0.717, 1.165) is 18.9 Å². The second-order valence-corrected chi connectivity index (χ2v) is 8.21. The summed E-state index contributed by atoms with van der Waals surface area (Å²) in [5, 5.41) is 6.92. The molecule has 5 heteroatoms. The van der Waals surface area contributed by atoms with Crippen molar-refractivity contribution in [1.82, 2.24) is 10.3 Å². The van der Waals surface area contributed by atoms with Crippen LogP contribution >= 0.6 is 23.1 Å². The minimum Gasteiger partial charge on any atom is -0.374 e. The Hall–Kier alpha value is -0.100. The number of hydrogen-bond donors (Lipinski definition) is 1. The van der Waals surface area contributed by atoms with Crippen LogP contribution in [0.25, 0.3) is 0 Å². The van der Waals surface area contributed by atoms with E-state index in [2.05, 4.69) is 41.4 Å². The van der Waals surface area contributed by atoms with Gasteiger partial charge in [-0.05, 0) is 44.9 Å². The first kappa shape index (κ1) is 14.8. The number of likely N-dealkylation sites (N-methyl/N-ethyl adjacent to an activating group) is 1. The van der Waals surface area contributed by atoms with Crippen LogP contribution in [0.4, 0.5) is 0 Å². The third-order valence-electron chi connectivity index (χ3n) is 4.63. The predicted octanol–water partition coefficient (Wildman–Crippen LogP) is 2.88. The highest BCUT2D eigenvalue weighted by molar-refractivity contribution is 7.99. The Morgan fingerprint density at radius 2 is 2.50 bits per heavy atom. The zero-order chi connectivity index (χ0) is 14.0. The number of aryl methyl sites for hydroxylation is 1. The molecule has 2 aliphatic rings. The van der Waals surface area contributed by atoms with Crippen LogP contribution in [0.2, 0.25) is 0 Å². The first-order chi connectivity index (χ1) is 9.71. The molecule has 3 nitrogen and oxygen atoms in total. The fourth-order valence-electron chi connectivity index (χ4n) is 3.50. The maximum atomic E-state index is 6.14. The minimum atomic E-state index is 0.181. The molecule has 2 fully saturated rings. The van der Waals surface area contributed by atoms with Gasteiger partial charge in [0, 0.05) is 30.2 Å². The van der Waals surface area contributed by atoms with Crippen LogP contribution in [0.1, 0.15) is 30.0 Å². The quantitative estimate of drug-likeness (QED) is 0.927. The Kier molecular flexibility index (Phi) is 4.70. The van der Waals surface area contributed by atoms with Crippen molar-refractivity contribution in [3.8, 4) is 0 Å². The maximum Gasteiger partial charge on any atom is 0.0897 e. The molecule has 0 aliphatic carbocycles. The molecule has 2 aliphatic heterocycles. The van der Waals surface area contributed by atoms with Crippen LogP contribution in [-0.4, -0.2) is 41.8 Å². The molecular weight excluding hydrogens is 288 g/mol. The lowest BCUT2D eigenvalue weighted by molar-refractivity contribution is -0.0847. The van der Waals surface area contributed by atoms with E-state index in [0.29, 0.717) is 6.04 Å². The molecule has 1 spiro atoms. The molecule has 1 aromatic rings. The number of hydrogen-bond acceptors (Lipinski definition) is 5. The van der Waals surface area contributed by atoms with Gasteiger partial charge >= 0.3 is 0 Å². The number of rotatable bonds is 4. The van der Waals surface area contributed by atoms with Gasteiger partial charge in [-0.2, -0.15) is 11.8 Å². The Labute approximate surface area is 129 Å². The summed E-state index contributed by atoms with van der Waals surface area (Å²) in [5.41, 5.74) is 1.42. The summed E-state index contributed by atoms with van der Waals surface area (Å²) in [6.07, 6.45) is 4.69. The van der Waals surface area contributed by atoms with Crippen molar-refractivity contribution in [2.45, 2.75) is 44.2 Å². The zero-order valence-electron chi connectivity index (χ0n) is 12.4. The van der Waals surface area contributed by atoms with E-state index >= 15 is 0 Å². The van der Waals surface area contributed by atoms with E-state index in [-0.39, 0.29) is 5.60 Å². The highest BCUT2D eigenvalue weighted by atomic mass is 32.2. The van der Waals surface area contributed by atoms with E-state index in [4.69, 9.17) is 4.74 Å². The van der Waals surface area contributed by atoms with Gasteiger partial charge in [0.05, 0.1) is 16.3 Å². The van der Waals surface area contributed by atoms with Crippen molar-refractivity contribution in [3.63, 3.8) is 0 Å². The Morgan fingerprint density at radius 1 is 1.60 bits per heavy atom. The molecule has 0 amide bonds. The smallest absolute Gasteiger partial charge is 0.0897 e. The lowest BCUT2D eigenvalue weighted by Gasteiger charge is -2.40. The Morgan fingerprint density at radius 3 is 3.15 bits per heavy atom. The second-order valence-electron chi connectivity index (χ2n) is 6.04. The molecular formula is C15H24N2OS2. The zero-order valence-corrected chi connectivity index (χ0v) is 14.0. The molecule has 3 unspecified atom stereocenters. The summed E-state index contributed by atoms with van der Waals surface area (Å²) < 4.78 is 6.14. The molecule has 0 saturated carbocycles. The van der Waals surface area contributed by atoms with Crippen molar-refractivity contribution in [3.05, 3.63) is 16.1 Å².